The molecule has 33 heavy (non-hydrogen) atoms. The van der Waals surface area contributed by atoms with Gasteiger partial charge < -0.3 is 5.32 Å². The Morgan fingerprint density at radius 3 is 2.12 bits per heavy atom. The van der Waals surface area contributed by atoms with Gasteiger partial charge in [0.1, 0.15) is 5.69 Å². The molecule has 0 radical (unpaired) electrons. The highest BCUT2D eigenvalue weighted by molar-refractivity contribution is 6.26. The lowest BCUT2D eigenvalue weighted by Crippen LogP contribution is -2.26. The van der Waals surface area contributed by atoms with E-state index in [1.54, 1.807) is 61.7 Å². The fourth-order valence-corrected chi connectivity index (χ4v) is 4.03. The van der Waals surface area contributed by atoms with Gasteiger partial charge in [0.05, 0.1) is 25.0 Å². The molecule has 0 unspecified atom stereocenters. The van der Waals surface area contributed by atoms with Crippen molar-refractivity contribution in [3.63, 3.8) is 0 Å². The van der Waals surface area contributed by atoms with E-state index in [2.05, 4.69) is 15.6 Å². The van der Waals surface area contributed by atoms with E-state index in [1.165, 1.54) is 10.8 Å². The van der Waals surface area contributed by atoms with Crippen LogP contribution in [0.3, 0.4) is 0 Å². The summed E-state index contributed by atoms with van der Waals surface area (Å²) in [4.78, 5) is 50.5. The van der Waals surface area contributed by atoms with E-state index in [9.17, 15) is 19.2 Å². The quantitative estimate of drug-likeness (QED) is 0.652. The van der Waals surface area contributed by atoms with Crippen LogP contribution < -0.4 is 5.32 Å². The number of fused-ring (bicyclic) bond motifs is 2. The zero-order valence-electron chi connectivity index (χ0n) is 17.7. The van der Waals surface area contributed by atoms with Gasteiger partial charge in [-0.3, -0.25) is 19.2 Å². The third kappa shape index (κ3) is 3.51. The van der Waals surface area contributed by atoms with Gasteiger partial charge in [-0.05, 0) is 6.92 Å². The minimum Gasteiger partial charge on any atom is -0.376 e. The molecule has 0 spiro atoms. The number of Topliss-reactive ketones (excluding diaryl/α,β-unsaturated/α-hetero) is 3. The van der Waals surface area contributed by atoms with E-state index < -0.39 is 0 Å². The van der Waals surface area contributed by atoms with Gasteiger partial charge in [-0.1, -0.05) is 53.7 Å². The topological polar surface area (TPSA) is 111 Å². The molecule has 8 nitrogen and oxygen atoms in total. The zero-order valence-corrected chi connectivity index (χ0v) is 17.7. The minimum atomic E-state index is -0.261. The van der Waals surface area contributed by atoms with Crippen LogP contribution in [-0.4, -0.2) is 38.1 Å². The van der Waals surface area contributed by atoms with Crippen LogP contribution in [0.5, 0.6) is 0 Å². The molecular formula is C25H18N4O4. The first-order chi connectivity index (χ1) is 15.9. The number of ketones is 4. The van der Waals surface area contributed by atoms with Crippen molar-refractivity contribution in [1.82, 2.24) is 20.3 Å². The molecule has 2 aliphatic carbocycles. The molecule has 3 aromatic rings. The van der Waals surface area contributed by atoms with Gasteiger partial charge in [0.25, 0.3) is 0 Å². The summed E-state index contributed by atoms with van der Waals surface area (Å²) in [5.74, 6) is -0.870. The monoisotopic (exact) mass is 438 g/mol. The molecular weight excluding hydrogens is 420 g/mol. The standard InChI is InChI=1S/C25H18N4O4/c1-14-20(24(32)19-9-5-4-8-18(19)23(14)31)13-29-12-15(27-28-29)11-26-21-10-22(30)16-6-2-3-7-17(16)25(21)33/h2-10,12,26H,11,13H2,1H3. The Morgan fingerprint density at radius 2 is 1.42 bits per heavy atom. The second-order valence-electron chi connectivity index (χ2n) is 7.87. The van der Waals surface area contributed by atoms with Crippen molar-refractivity contribution >= 4 is 23.1 Å². The Hall–Kier alpha value is -4.46. The third-order valence-corrected chi connectivity index (χ3v) is 5.81. The second-order valence-corrected chi connectivity index (χ2v) is 7.87. The molecule has 1 heterocycles. The number of carbonyl (C=O) groups is 4. The number of benzene rings is 2. The van der Waals surface area contributed by atoms with Crippen molar-refractivity contribution in [2.24, 2.45) is 0 Å². The second kappa shape index (κ2) is 7.90. The van der Waals surface area contributed by atoms with Gasteiger partial charge in [-0.25, -0.2) is 4.68 Å². The lowest BCUT2D eigenvalue weighted by Gasteiger charge is -2.18. The molecule has 0 saturated heterocycles. The largest absolute Gasteiger partial charge is 0.376 e. The maximum atomic E-state index is 12.9. The molecule has 0 bridgehead atoms. The molecule has 162 valence electrons. The zero-order chi connectivity index (χ0) is 23.1. The van der Waals surface area contributed by atoms with Crippen molar-refractivity contribution < 1.29 is 19.2 Å². The van der Waals surface area contributed by atoms with E-state index in [0.717, 1.165) is 0 Å². The van der Waals surface area contributed by atoms with E-state index in [0.29, 0.717) is 39.1 Å². The highest BCUT2D eigenvalue weighted by Gasteiger charge is 2.30. The molecule has 1 N–H and O–H groups in total. The fourth-order valence-electron chi connectivity index (χ4n) is 4.03. The van der Waals surface area contributed by atoms with Crippen LogP contribution >= 0.6 is 0 Å². The molecule has 0 aliphatic heterocycles. The Kier molecular flexibility index (Phi) is 4.90. The smallest absolute Gasteiger partial charge is 0.209 e. The lowest BCUT2D eigenvalue weighted by atomic mass is 9.84. The molecule has 0 atom stereocenters. The first kappa shape index (κ1) is 20.4. The number of allylic oxidation sites excluding steroid dienone is 4. The van der Waals surface area contributed by atoms with Gasteiger partial charge in [0.15, 0.2) is 17.3 Å². The number of nitrogens with zero attached hydrogens (tertiary/aromatic N) is 3. The summed E-state index contributed by atoms with van der Waals surface area (Å²) >= 11 is 0. The van der Waals surface area contributed by atoms with Gasteiger partial charge >= 0.3 is 0 Å². The predicted octanol–water partition coefficient (Wildman–Crippen LogP) is 2.73. The van der Waals surface area contributed by atoms with Crippen molar-refractivity contribution in [3.05, 3.63) is 106 Å². The van der Waals surface area contributed by atoms with Crippen molar-refractivity contribution in [2.75, 3.05) is 0 Å². The minimum absolute atomic E-state index is 0.102. The predicted molar refractivity (Wildman–Crippen MR) is 118 cm³/mol. The molecule has 8 heteroatoms. The summed E-state index contributed by atoms with van der Waals surface area (Å²) in [6.07, 6.45) is 2.92. The Balaban J connectivity index is 1.31. The molecule has 0 amide bonds. The maximum absolute atomic E-state index is 12.9. The first-order valence-electron chi connectivity index (χ1n) is 10.3. The third-order valence-electron chi connectivity index (χ3n) is 5.81. The average Bonchev–Trinajstić information content (AvgIpc) is 3.29. The van der Waals surface area contributed by atoms with Gasteiger partial charge in [-0.2, -0.15) is 0 Å². The van der Waals surface area contributed by atoms with Gasteiger partial charge in [-0.15, -0.1) is 5.10 Å². The highest BCUT2D eigenvalue weighted by Crippen LogP contribution is 2.27. The molecule has 2 aliphatic rings. The van der Waals surface area contributed by atoms with Crippen LogP contribution in [-0.2, 0) is 13.1 Å². The van der Waals surface area contributed by atoms with E-state index in [4.69, 9.17) is 0 Å². The number of nitrogens with one attached hydrogen (secondary N) is 1. The Morgan fingerprint density at radius 1 is 0.818 bits per heavy atom. The molecule has 0 fully saturated rings. The van der Waals surface area contributed by atoms with E-state index in [1.807, 2.05) is 0 Å². The summed E-state index contributed by atoms with van der Waals surface area (Å²) in [6, 6.07) is 13.4. The first-order valence-corrected chi connectivity index (χ1v) is 10.3. The lowest BCUT2D eigenvalue weighted by molar-refractivity contribution is 0.0970. The van der Waals surface area contributed by atoms with Crippen LogP contribution in [0.25, 0.3) is 0 Å². The van der Waals surface area contributed by atoms with Crippen LogP contribution in [0.4, 0.5) is 0 Å². The van der Waals surface area contributed by atoms with E-state index >= 15 is 0 Å². The normalized spacial score (nSPS) is 15.4. The Labute approximate surface area is 188 Å². The molecule has 1 aromatic heterocycles. The Bertz CT molecular complexity index is 1430. The van der Waals surface area contributed by atoms with Crippen LogP contribution in [0.15, 0.2) is 77.6 Å². The van der Waals surface area contributed by atoms with Crippen molar-refractivity contribution in [1.29, 1.82) is 0 Å². The van der Waals surface area contributed by atoms with Crippen LogP contribution in [0.1, 0.15) is 54.0 Å². The van der Waals surface area contributed by atoms with Crippen LogP contribution in [0.2, 0.25) is 0 Å². The number of aromatic nitrogens is 3. The molecule has 2 aromatic carbocycles. The molecule has 0 saturated carbocycles. The average molecular weight is 438 g/mol. The number of carbonyl (C=O) groups excluding carboxylic acids is 4. The van der Waals surface area contributed by atoms with E-state index in [-0.39, 0.29) is 41.9 Å². The molecule has 5 rings (SSSR count). The fraction of sp³-hybridized carbons (Fsp3) is 0.120. The number of hydrogen-bond donors (Lipinski definition) is 1. The summed E-state index contributed by atoms with van der Waals surface area (Å²) in [7, 11) is 0. The maximum Gasteiger partial charge on any atom is 0.209 e. The summed E-state index contributed by atoms with van der Waals surface area (Å²) < 4.78 is 1.48. The summed E-state index contributed by atoms with van der Waals surface area (Å²) in [5.41, 5.74) is 3.01. The van der Waals surface area contributed by atoms with Crippen molar-refractivity contribution in [2.45, 2.75) is 20.0 Å². The van der Waals surface area contributed by atoms with Crippen LogP contribution in [0, 0.1) is 0 Å². The van der Waals surface area contributed by atoms with Crippen molar-refractivity contribution in [3.8, 4) is 0 Å². The summed E-state index contributed by atoms with van der Waals surface area (Å²) in [6.45, 7) is 1.91. The van der Waals surface area contributed by atoms with Gasteiger partial charge in [0, 0.05) is 39.5 Å². The SMILES string of the molecule is CC1=C(Cn2cc(CNC3=CC(=O)c4ccccc4C3=O)nn2)C(=O)c2ccccc2C1=O. The number of rotatable bonds is 5. The highest BCUT2D eigenvalue weighted by atomic mass is 16.1. The number of hydrogen-bond acceptors (Lipinski definition) is 7. The van der Waals surface area contributed by atoms with Gasteiger partial charge in [0.2, 0.25) is 5.78 Å². The summed E-state index contributed by atoms with van der Waals surface area (Å²) in [5, 5.41) is 11.1.